The van der Waals surface area contributed by atoms with Crippen molar-refractivity contribution in [3.05, 3.63) is 100 Å². The van der Waals surface area contributed by atoms with Crippen LogP contribution in [0.3, 0.4) is 0 Å². The van der Waals surface area contributed by atoms with Gasteiger partial charge in [0.15, 0.2) is 17.4 Å². The van der Waals surface area contributed by atoms with Gasteiger partial charge in [-0.25, -0.2) is 29.3 Å². The maximum absolute atomic E-state index is 14.0. The Labute approximate surface area is 593 Å². The molecule has 3 aromatic heterocycles. The van der Waals surface area contributed by atoms with Gasteiger partial charge in [0.05, 0.1) is 46.0 Å². The maximum Gasteiger partial charge on any atom is 0.697 e. The first-order valence-corrected chi connectivity index (χ1v) is 36.2. The van der Waals surface area contributed by atoms with Crippen molar-refractivity contribution in [1.29, 1.82) is 0 Å². The molecule has 103 heavy (non-hydrogen) atoms. The fourth-order valence-electron chi connectivity index (χ4n) is 12.5. The molecule has 37 heteroatoms. The Bertz CT molecular complexity index is 3920. The van der Waals surface area contributed by atoms with E-state index in [0.29, 0.717) is 53.5 Å². The molecule has 8 amide bonds. The molecule has 2 aromatic carbocycles. The number of aromatic nitrogens is 6. The van der Waals surface area contributed by atoms with Gasteiger partial charge in [-0.05, 0) is 85.1 Å². The number of alkyl carbamates (subject to hydrolysis) is 1. The van der Waals surface area contributed by atoms with Gasteiger partial charge >= 0.3 is 34.7 Å². The minimum atomic E-state index is -3.40. The Kier molecular flexibility index (Phi) is 27.8. The normalized spacial score (nSPS) is 23.9. The van der Waals surface area contributed by atoms with E-state index in [1.165, 1.54) is 41.4 Å². The lowest BCUT2D eigenvalue weighted by Crippen LogP contribution is -2.54. The van der Waals surface area contributed by atoms with Crippen molar-refractivity contribution >= 4 is 81.2 Å². The van der Waals surface area contributed by atoms with Crippen molar-refractivity contribution < 1.29 is 94.3 Å². The summed E-state index contributed by atoms with van der Waals surface area (Å²) < 4.78 is 85.0. The number of hydrogen-bond acceptors (Lipinski definition) is 25. The molecule has 4 fully saturated rings. The fourth-order valence-corrected chi connectivity index (χ4v) is 14.2. The number of benzene rings is 2. The van der Waals surface area contributed by atoms with Gasteiger partial charge in [-0.2, -0.15) is 4.98 Å². The first-order valence-electron chi connectivity index (χ1n) is 33.9. The Balaban J connectivity index is 0.666. The number of imidazole rings is 1. The fraction of sp³-hybridized carbons (Fsp3) is 0.545. The van der Waals surface area contributed by atoms with Gasteiger partial charge in [0.1, 0.15) is 62.1 Å². The first kappa shape index (κ1) is 76.6. The lowest BCUT2D eigenvalue weighted by atomic mass is 10.0. The summed E-state index contributed by atoms with van der Waals surface area (Å²) >= 11 is 0. The standard InChI is InChI=1S/C66H84N14O21P2/c1-38(2)53(75-51(81)21-25-92-27-28-93-26-24-70-65(88)94-34-47-45-13-6-4-5-7-14-46(45)47)60(85)74-48(15-10-22-69-63(67)87)59(84)73-42-18-16-39(17-19-42)32-95-66(89)79(3)31-40-11-8-9-12-44(40)58(83)77-64-76-57-54(61(86)78-64)72-37-80(57)62-56-55(82)50(99-62)35-97-102(90)100-49-30-43(98-52-20-23-68-36-71-52)29-41(49)33-96-103(91)101-56/h8-9,11-12,16-20,23,36-38,41,43,45-50,53,55-56,62,82,103H,6-7,10,13-15,21-22,24-35H2,1-3H3,(H8-,67,69,70,73,74,75,76,77,78,81,83,84,85,86,87,88)/p+1/t41-,43-,45-,46+,47-,48+,49+,50-,53+,55-,56-,62-/m1/s1. The highest BCUT2D eigenvalue weighted by atomic mass is 31.1. The average Bonchev–Trinajstić information content (AvgIpc) is 1.61. The van der Waals surface area contributed by atoms with Gasteiger partial charge in [-0.3, -0.25) is 47.9 Å². The number of fused-ring (bicyclic) bond motifs is 5. The molecule has 0 radical (unpaired) electrons. The number of carbonyl (C=O) groups excluding carboxylic acids is 7. The first-order chi connectivity index (χ1) is 49.7. The van der Waals surface area contributed by atoms with Crippen LogP contribution in [0.25, 0.3) is 11.2 Å². The maximum atomic E-state index is 14.0. The molecule has 2 saturated heterocycles. The molecule has 2 bridgehead atoms. The second kappa shape index (κ2) is 37.4. The number of urea groups is 1. The Morgan fingerprint density at radius 2 is 1.66 bits per heavy atom. The third kappa shape index (κ3) is 22.0. The smallest absolute Gasteiger partial charge is 0.474 e. The van der Waals surface area contributed by atoms with E-state index in [1.807, 2.05) is 0 Å². The van der Waals surface area contributed by atoms with Gasteiger partial charge < -0.3 is 75.3 Å². The second-order valence-corrected chi connectivity index (χ2v) is 27.5. The number of aliphatic hydroxyl groups excluding tert-OH is 1. The Morgan fingerprint density at radius 1 is 0.893 bits per heavy atom. The highest BCUT2D eigenvalue weighted by Crippen LogP contribution is 2.52. The van der Waals surface area contributed by atoms with Gasteiger partial charge in [-0.1, -0.05) is 44.2 Å². The Morgan fingerprint density at radius 3 is 2.41 bits per heavy atom. The van der Waals surface area contributed by atoms with Crippen LogP contribution in [0.5, 0.6) is 5.88 Å². The van der Waals surface area contributed by atoms with E-state index in [0.717, 1.165) is 25.7 Å². The summed E-state index contributed by atoms with van der Waals surface area (Å²) in [5.41, 5.74) is 5.42. The van der Waals surface area contributed by atoms with Crippen molar-refractivity contribution in [3.63, 3.8) is 0 Å². The van der Waals surface area contributed by atoms with Crippen LogP contribution in [0.15, 0.2) is 78.2 Å². The molecule has 5 aliphatic rings. The van der Waals surface area contributed by atoms with Crippen molar-refractivity contribution in [1.82, 2.24) is 55.7 Å². The summed E-state index contributed by atoms with van der Waals surface area (Å²) in [5, 5.41) is 27.5. The largest absolute Gasteiger partial charge is 0.697 e. The summed E-state index contributed by atoms with van der Waals surface area (Å²) in [6.07, 6.45) is 0.793. The molecular formula is C66H85N14O21P2+. The van der Waals surface area contributed by atoms with E-state index in [9.17, 15) is 52.6 Å². The van der Waals surface area contributed by atoms with Crippen LogP contribution >= 0.6 is 16.5 Å². The topological polar surface area (TPSA) is 457 Å². The number of nitrogens with two attached hydrogens (primary N) is 1. The van der Waals surface area contributed by atoms with Crippen LogP contribution in [0, 0.1) is 41.4 Å². The van der Waals surface area contributed by atoms with Gasteiger partial charge in [0.2, 0.25) is 29.5 Å². The number of amides is 8. The van der Waals surface area contributed by atoms with Crippen LogP contribution in [-0.4, -0.2) is 190 Å². The predicted molar refractivity (Wildman–Crippen MR) is 364 cm³/mol. The third-order valence-electron chi connectivity index (χ3n) is 17.9. The highest BCUT2D eigenvalue weighted by molar-refractivity contribution is 7.33. The minimum absolute atomic E-state index is 0.0342. The number of anilines is 2. The number of H-pyrrole nitrogens is 1. The summed E-state index contributed by atoms with van der Waals surface area (Å²) in [5.74, 6) is 4.61. The van der Waals surface area contributed by atoms with Gasteiger partial charge in [-0.15, -0.1) is 20.9 Å². The van der Waals surface area contributed by atoms with Gasteiger partial charge in [0.25, 0.3) is 11.5 Å². The van der Waals surface area contributed by atoms with Gasteiger partial charge in [0, 0.05) is 86.4 Å². The number of nitrogens with zero attached hydrogens (tertiary/aromatic N) is 6. The number of carbonyl (C=O) groups is 7. The van der Waals surface area contributed by atoms with E-state index in [1.54, 1.807) is 62.4 Å². The quantitative estimate of drug-likeness (QED) is 0.0173. The molecule has 2 saturated carbocycles. The molecule has 10 N–H and O–H groups in total. The highest BCUT2D eigenvalue weighted by Gasteiger charge is 2.51. The van der Waals surface area contributed by atoms with Crippen LogP contribution in [-0.2, 0) is 78.4 Å². The number of hydrogen-bond donors (Lipinski definition) is 9. The molecular weight excluding hydrogens is 1390 g/mol. The molecule has 0 spiro atoms. The zero-order chi connectivity index (χ0) is 72.9. The van der Waals surface area contributed by atoms with Crippen molar-refractivity contribution in [2.45, 2.75) is 134 Å². The van der Waals surface area contributed by atoms with Crippen LogP contribution in [0.2, 0.25) is 0 Å². The van der Waals surface area contributed by atoms with E-state index >= 15 is 0 Å². The lowest BCUT2D eigenvalue weighted by molar-refractivity contribution is -0.132. The average molecular weight is 1470 g/mol. The van der Waals surface area contributed by atoms with Crippen molar-refractivity contribution in [2.24, 2.45) is 35.3 Å². The summed E-state index contributed by atoms with van der Waals surface area (Å²) in [4.78, 5) is 126. The lowest BCUT2D eigenvalue weighted by Gasteiger charge is -2.25. The number of rotatable bonds is 30. The molecule has 5 heterocycles. The number of ether oxygens (including phenoxy) is 6. The molecule has 2 aliphatic heterocycles. The second-order valence-electron chi connectivity index (χ2n) is 25.5. The monoisotopic (exact) mass is 1470 g/mol. The molecule has 14 atom stereocenters. The summed E-state index contributed by atoms with van der Waals surface area (Å²) in [7, 11) is -4.73. The van der Waals surface area contributed by atoms with Crippen LogP contribution < -0.4 is 47.9 Å². The number of primary amides is 1. The third-order valence-corrected chi connectivity index (χ3v) is 19.6. The number of aliphatic hydroxyl groups is 1. The molecule has 3 aliphatic carbocycles. The van der Waals surface area contributed by atoms with E-state index in [-0.39, 0.29) is 108 Å². The van der Waals surface area contributed by atoms with Crippen LogP contribution in [0.4, 0.5) is 26.0 Å². The minimum Gasteiger partial charge on any atom is -0.474 e. The predicted octanol–water partition coefficient (Wildman–Crippen LogP) is 4.51. The number of aromatic amines is 1. The van der Waals surface area contributed by atoms with Crippen molar-refractivity contribution in [3.8, 4) is 17.7 Å². The molecule has 5 aromatic rings. The van der Waals surface area contributed by atoms with Crippen LogP contribution in [0.1, 0.15) is 99.3 Å². The van der Waals surface area contributed by atoms with E-state index < -0.39 is 131 Å². The SMILES string of the molecule is CC(C)[C@H](NC(=O)CCOCCOCCNC(=O)OC[C@@H]1[C@@H]2CCC#CCC[C@@H]21)C(=O)N[C@@H](CCCNC(N)=O)C(=O)Nc1ccc(COC(=O)N(C)Cc2ccccc2C(=O)Nc2nc3c(ncn3[C@@H]3O[C@@H]4CO[P+](=O)O[C@H]5C[C@H](Oc6ccncn6)C[C@@H]5CO[PH](=O)O[C@@H]3[C@@H]4O)c(=O)[nH]2)cc1. The van der Waals surface area contributed by atoms with Crippen molar-refractivity contribution in [2.75, 3.05) is 77.0 Å². The number of nitrogens with one attached hydrogen (secondary N) is 7. The molecule has 554 valence electrons. The zero-order valence-corrected chi connectivity index (χ0v) is 58.8. The van der Waals surface area contributed by atoms with E-state index in [2.05, 4.69) is 68.7 Å². The molecule has 2 unspecified atom stereocenters. The zero-order valence-electron chi connectivity index (χ0n) is 56.9. The molecule has 10 rings (SSSR count). The van der Waals surface area contributed by atoms with E-state index in [4.69, 9.17) is 52.2 Å². The Hall–Kier alpha value is -9.07. The summed E-state index contributed by atoms with van der Waals surface area (Å²) in [6.45, 7) is 3.92. The molecule has 35 nitrogen and oxygen atoms in total. The summed E-state index contributed by atoms with van der Waals surface area (Å²) in [6, 6.07) is 11.3.